The molecule has 128 valence electrons. The van der Waals surface area contributed by atoms with Gasteiger partial charge in [-0.15, -0.1) is 0 Å². The summed E-state index contributed by atoms with van der Waals surface area (Å²) < 4.78 is 0. The van der Waals surface area contributed by atoms with Crippen molar-refractivity contribution in [2.75, 3.05) is 0 Å². The lowest BCUT2D eigenvalue weighted by Crippen LogP contribution is -2.65. The summed E-state index contributed by atoms with van der Waals surface area (Å²) in [4.78, 5) is 12.6. The fraction of sp³-hybridized carbons (Fsp3) is 0.850. The predicted octanol–water partition coefficient (Wildman–Crippen LogP) is 3.10. The molecule has 0 saturated heterocycles. The number of aliphatic hydroxyl groups is 2. The highest BCUT2D eigenvalue weighted by Crippen LogP contribution is 2.70. The molecule has 2 N–H and O–H groups in total. The van der Waals surface area contributed by atoms with Crippen molar-refractivity contribution in [3.63, 3.8) is 0 Å². The van der Waals surface area contributed by atoms with E-state index >= 15 is 0 Å². The first-order valence-electron chi connectivity index (χ1n) is 9.15. The first kappa shape index (κ1) is 15.8. The summed E-state index contributed by atoms with van der Waals surface area (Å²) >= 11 is 0. The van der Waals surface area contributed by atoms with Gasteiger partial charge in [-0.3, -0.25) is 4.79 Å². The van der Waals surface area contributed by atoms with E-state index in [-0.39, 0.29) is 27.9 Å². The Morgan fingerprint density at radius 2 is 1.87 bits per heavy atom. The first-order valence-corrected chi connectivity index (χ1v) is 9.15. The van der Waals surface area contributed by atoms with Crippen molar-refractivity contribution in [1.29, 1.82) is 0 Å². The fourth-order valence-electron chi connectivity index (χ4n) is 7.24. The number of fused-ring (bicyclic) bond motifs is 2. The molecule has 0 aromatic rings. The van der Waals surface area contributed by atoms with Crippen molar-refractivity contribution < 1.29 is 15.0 Å². The SMILES string of the molecule is CC1(O)CC23C=CC1CC2C1(C)CC(=O)C(O)C(C)(C)C1CC3. The zero-order valence-electron chi connectivity index (χ0n) is 14.8. The van der Waals surface area contributed by atoms with Crippen LogP contribution < -0.4 is 0 Å². The average Bonchev–Trinajstić information content (AvgIpc) is 2.43. The predicted molar refractivity (Wildman–Crippen MR) is 88.7 cm³/mol. The molecule has 2 bridgehead atoms. The van der Waals surface area contributed by atoms with E-state index in [9.17, 15) is 15.0 Å². The van der Waals surface area contributed by atoms with Crippen molar-refractivity contribution in [2.45, 2.75) is 71.5 Å². The van der Waals surface area contributed by atoms with Crippen molar-refractivity contribution >= 4 is 5.78 Å². The van der Waals surface area contributed by atoms with Crippen LogP contribution in [0.1, 0.15) is 59.8 Å². The van der Waals surface area contributed by atoms with Gasteiger partial charge in [0.25, 0.3) is 0 Å². The van der Waals surface area contributed by atoms with Crippen LogP contribution in [0.3, 0.4) is 0 Å². The van der Waals surface area contributed by atoms with Crippen LogP contribution in [0.4, 0.5) is 0 Å². The smallest absolute Gasteiger partial charge is 0.162 e. The first-order chi connectivity index (χ1) is 10.5. The van der Waals surface area contributed by atoms with Gasteiger partial charge in [-0.25, -0.2) is 0 Å². The van der Waals surface area contributed by atoms with Gasteiger partial charge in [-0.05, 0) is 55.3 Å². The highest BCUT2D eigenvalue weighted by Gasteiger charge is 2.67. The number of hydrogen-bond donors (Lipinski definition) is 2. The average molecular weight is 318 g/mol. The maximum Gasteiger partial charge on any atom is 0.162 e. The molecule has 5 aliphatic carbocycles. The van der Waals surface area contributed by atoms with Crippen LogP contribution in [0, 0.1) is 34.0 Å². The second kappa shape index (κ2) is 4.29. The minimum Gasteiger partial charge on any atom is -0.390 e. The third kappa shape index (κ3) is 1.81. The van der Waals surface area contributed by atoms with Crippen molar-refractivity contribution in [1.82, 2.24) is 0 Å². The van der Waals surface area contributed by atoms with Crippen LogP contribution in [0.5, 0.6) is 0 Å². The lowest BCUT2D eigenvalue weighted by atomic mass is 9.37. The molecule has 3 nitrogen and oxygen atoms in total. The second-order valence-corrected chi connectivity index (χ2v) is 9.99. The van der Waals surface area contributed by atoms with Gasteiger partial charge in [0.05, 0.1) is 5.60 Å². The maximum absolute atomic E-state index is 12.6. The molecule has 7 atom stereocenters. The van der Waals surface area contributed by atoms with E-state index in [2.05, 4.69) is 32.9 Å². The van der Waals surface area contributed by atoms with Gasteiger partial charge >= 0.3 is 0 Å². The Morgan fingerprint density at radius 1 is 1.17 bits per heavy atom. The Balaban J connectivity index is 1.79. The third-order valence-corrected chi connectivity index (χ3v) is 8.28. The Bertz CT molecular complexity index is 590. The maximum atomic E-state index is 12.6. The van der Waals surface area contributed by atoms with Gasteiger partial charge in [-0.2, -0.15) is 0 Å². The normalized spacial score (nSPS) is 57.0. The monoisotopic (exact) mass is 318 g/mol. The molecular formula is C20H30O3. The topological polar surface area (TPSA) is 57.5 Å². The molecule has 0 heterocycles. The van der Waals surface area contributed by atoms with Gasteiger partial charge < -0.3 is 10.2 Å². The summed E-state index contributed by atoms with van der Waals surface area (Å²) in [7, 11) is 0. The number of ketones is 1. The van der Waals surface area contributed by atoms with Gasteiger partial charge in [0, 0.05) is 17.8 Å². The minimum absolute atomic E-state index is 0.0167. The van der Waals surface area contributed by atoms with E-state index < -0.39 is 11.7 Å². The third-order valence-electron chi connectivity index (χ3n) is 8.28. The van der Waals surface area contributed by atoms with Gasteiger partial charge in [0.1, 0.15) is 6.10 Å². The molecular weight excluding hydrogens is 288 g/mol. The molecule has 23 heavy (non-hydrogen) atoms. The molecule has 0 aromatic heterocycles. The quantitative estimate of drug-likeness (QED) is 0.675. The standard InChI is InChI=1S/C20H30O3/c1-17(2)14-6-8-20-7-5-12(19(4,23)11-20)9-15(20)18(14,3)10-13(21)16(17)22/h5,7,12,14-16,22-23H,6,8-11H2,1-4H3. The van der Waals surface area contributed by atoms with Crippen molar-refractivity contribution in [3.8, 4) is 0 Å². The van der Waals surface area contributed by atoms with Crippen LogP contribution in [0.25, 0.3) is 0 Å². The lowest BCUT2D eigenvalue weighted by Gasteiger charge is -2.68. The molecule has 1 spiro atoms. The number of Topliss-reactive ketones (excluding diaryl/α,β-unsaturated/α-hetero) is 1. The molecule has 0 radical (unpaired) electrons. The largest absolute Gasteiger partial charge is 0.390 e. The van der Waals surface area contributed by atoms with E-state index in [0.717, 1.165) is 25.7 Å². The molecule has 3 fully saturated rings. The number of carbonyl (C=O) groups is 1. The summed E-state index contributed by atoms with van der Waals surface area (Å²) in [6.07, 6.45) is 8.19. The summed E-state index contributed by atoms with van der Waals surface area (Å²) in [5.41, 5.74) is -0.976. The number of hydrogen-bond acceptors (Lipinski definition) is 3. The minimum atomic E-state index is -0.825. The molecule has 0 amide bonds. The molecule has 3 saturated carbocycles. The van der Waals surface area contributed by atoms with E-state index in [0.29, 0.717) is 18.3 Å². The summed E-state index contributed by atoms with van der Waals surface area (Å²) in [5, 5.41) is 21.3. The fourth-order valence-corrected chi connectivity index (χ4v) is 7.24. The molecule has 0 aliphatic heterocycles. The number of rotatable bonds is 0. The van der Waals surface area contributed by atoms with E-state index in [4.69, 9.17) is 0 Å². The molecule has 0 aromatic carbocycles. The highest BCUT2D eigenvalue weighted by molar-refractivity contribution is 5.85. The lowest BCUT2D eigenvalue weighted by molar-refractivity contribution is -0.204. The van der Waals surface area contributed by atoms with Crippen molar-refractivity contribution in [3.05, 3.63) is 12.2 Å². The Labute approximate surface area is 139 Å². The van der Waals surface area contributed by atoms with Gasteiger partial charge in [0.2, 0.25) is 0 Å². The van der Waals surface area contributed by atoms with E-state index in [1.54, 1.807) is 0 Å². The van der Waals surface area contributed by atoms with Crippen LogP contribution in [-0.4, -0.2) is 27.7 Å². The Morgan fingerprint density at radius 3 is 2.52 bits per heavy atom. The zero-order chi connectivity index (χ0) is 16.8. The van der Waals surface area contributed by atoms with Gasteiger partial charge in [0.15, 0.2) is 5.78 Å². The molecule has 3 heteroatoms. The van der Waals surface area contributed by atoms with Crippen molar-refractivity contribution in [2.24, 2.45) is 34.0 Å². The number of carbonyl (C=O) groups excluding carboxylic acids is 1. The Hall–Kier alpha value is -0.670. The van der Waals surface area contributed by atoms with Gasteiger partial charge in [-0.1, -0.05) is 32.9 Å². The van der Waals surface area contributed by atoms with Crippen LogP contribution in [-0.2, 0) is 4.79 Å². The van der Waals surface area contributed by atoms with Crippen LogP contribution in [0.15, 0.2) is 12.2 Å². The number of allylic oxidation sites excluding steroid dienone is 1. The molecule has 5 aliphatic rings. The summed E-state index contributed by atoms with van der Waals surface area (Å²) in [6, 6.07) is 0. The Kier molecular flexibility index (Phi) is 2.95. The highest BCUT2D eigenvalue weighted by atomic mass is 16.3. The zero-order valence-corrected chi connectivity index (χ0v) is 14.8. The van der Waals surface area contributed by atoms with Crippen LogP contribution >= 0.6 is 0 Å². The summed E-state index contributed by atoms with van der Waals surface area (Å²) in [6.45, 7) is 8.41. The summed E-state index contributed by atoms with van der Waals surface area (Å²) in [5.74, 6) is 1.04. The van der Waals surface area contributed by atoms with Crippen LogP contribution in [0.2, 0.25) is 0 Å². The molecule has 5 rings (SSSR count). The number of aliphatic hydroxyl groups excluding tert-OH is 1. The van der Waals surface area contributed by atoms with E-state index in [1.807, 2.05) is 6.92 Å². The molecule has 7 unspecified atom stereocenters. The second-order valence-electron chi connectivity index (χ2n) is 9.99. The van der Waals surface area contributed by atoms with E-state index in [1.165, 1.54) is 0 Å².